The van der Waals surface area contributed by atoms with Gasteiger partial charge in [-0.1, -0.05) is 0 Å². The first-order valence-electron chi connectivity index (χ1n) is 13.0. The Hall–Kier alpha value is -3.89. The lowest BCUT2D eigenvalue weighted by Crippen LogP contribution is -2.58. The zero-order valence-electron chi connectivity index (χ0n) is 22.1. The lowest BCUT2D eigenvalue weighted by Gasteiger charge is -2.43. The average Bonchev–Trinajstić information content (AvgIpc) is 3.27. The first-order chi connectivity index (χ1) is 18.0. The van der Waals surface area contributed by atoms with Gasteiger partial charge in [0.05, 0.1) is 16.9 Å². The van der Waals surface area contributed by atoms with Gasteiger partial charge in [0.2, 0.25) is 0 Å². The number of nitrogens with zero attached hydrogens (tertiary/aromatic N) is 6. The Balaban J connectivity index is 1.19. The number of rotatable bonds is 2. The fraction of sp³-hybridized carbons (Fsp3) is 0.481. The van der Waals surface area contributed by atoms with E-state index in [2.05, 4.69) is 20.2 Å². The van der Waals surface area contributed by atoms with Crippen LogP contribution in [0.4, 0.5) is 31.2 Å². The smallest absolute Gasteiger partial charge is 0.410 e. The first kappa shape index (κ1) is 24.4. The number of imidazole rings is 1. The van der Waals surface area contributed by atoms with Crippen molar-refractivity contribution < 1.29 is 18.7 Å². The molecule has 1 aliphatic carbocycles. The molecule has 3 aliphatic rings. The van der Waals surface area contributed by atoms with E-state index in [1.54, 1.807) is 34.8 Å². The zero-order valence-corrected chi connectivity index (χ0v) is 22.1. The molecule has 0 unspecified atom stereocenters. The molecule has 2 aliphatic heterocycles. The third kappa shape index (κ3) is 4.29. The van der Waals surface area contributed by atoms with Crippen molar-refractivity contribution in [2.24, 2.45) is 0 Å². The van der Waals surface area contributed by atoms with Crippen molar-refractivity contribution in [3.05, 3.63) is 47.8 Å². The van der Waals surface area contributed by atoms with Crippen LogP contribution < -0.4 is 15.1 Å². The van der Waals surface area contributed by atoms with Gasteiger partial charge in [0, 0.05) is 62.1 Å². The number of nitrogens with one attached hydrogen (secondary N) is 1. The zero-order chi connectivity index (χ0) is 26.8. The van der Waals surface area contributed by atoms with Crippen LogP contribution in [0.3, 0.4) is 0 Å². The van der Waals surface area contributed by atoms with E-state index in [9.17, 15) is 14.0 Å². The van der Waals surface area contributed by atoms with Gasteiger partial charge in [-0.05, 0) is 53.0 Å². The Kier molecular flexibility index (Phi) is 5.51. The molecule has 3 aromatic rings. The van der Waals surface area contributed by atoms with Gasteiger partial charge in [0.25, 0.3) is 0 Å². The highest BCUT2D eigenvalue weighted by Crippen LogP contribution is 2.47. The second-order valence-electron chi connectivity index (χ2n) is 11.4. The molecule has 200 valence electrons. The summed E-state index contributed by atoms with van der Waals surface area (Å²) in [7, 11) is 0. The molecule has 10 nitrogen and oxygen atoms in total. The van der Waals surface area contributed by atoms with E-state index in [1.807, 2.05) is 31.7 Å². The number of pyridine rings is 2. The van der Waals surface area contributed by atoms with E-state index in [0.29, 0.717) is 43.3 Å². The maximum atomic E-state index is 14.5. The van der Waals surface area contributed by atoms with Crippen LogP contribution in [0.15, 0.2) is 30.7 Å². The van der Waals surface area contributed by atoms with Crippen molar-refractivity contribution in [3.8, 4) is 0 Å². The van der Waals surface area contributed by atoms with Crippen molar-refractivity contribution in [1.82, 2.24) is 19.3 Å². The molecule has 3 aromatic heterocycles. The van der Waals surface area contributed by atoms with Gasteiger partial charge < -0.3 is 19.4 Å². The summed E-state index contributed by atoms with van der Waals surface area (Å²) in [5.74, 6) is 0.108. The van der Waals surface area contributed by atoms with E-state index in [0.717, 1.165) is 30.6 Å². The van der Waals surface area contributed by atoms with Crippen molar-refractivity contribution in [2.75, 3.05) is 41.3 Å². The predicted octanol–water partition coefficient (Wildman–Crippen LogP) is 4.36. The number of hydrogen-bond acceptors (Lipinski definition) is 6. The summed E-state index contributed by atoms with van der Waals surface area (Å²) in [5.41, 5.74) is 2.57. The minimum absolute atomic E-state index is 0.208. The normalized spacial score (nSPS) is 18.2. The van der Waals surface area contributed by atoms with Gasteiger partial charge in [-0.3, -0.25) is 9.80 Å². The van der Waals surface area contributed by atoms with Crippen LogP contribution in [0, 0.1) is 12.7 Å². The number of carbonyl (C=O) groups is 2. The van der Waals surface area contributed by atoms with Gasteiger partial charge in [-0.2, -0.15) is 0 Å². The molecule has 0 atom stereocenters. The number of anilines is 3. The van der Waals surface area contributed by atoms with E-state index in [-0.39, 0.29) is 23.3 Å². The van der Waals surface area contributed by atoms with E-state index in [4.69, 9.17) is 4.74 Å². The Morgan fingerprint density at radius 3 is 2.68 bits per heavy atom. The van der Waals surface area contributed by atoms with Gasteiger partial charge in [-0.25, -0.2) is 23.9 Å². The number of ether oxygens (including phenoxy) is 1. The summed E-state index contributed by atoms with van der Waals surface area (Å²) < 4.78 is 21.7. The molecule has 3 amide bonds. The minimum atomic E-state index is -0.532. The number of piperazine rings is 1. The summed E-state index contributed by atoms with van der Waals surface area (Å²) in [6.45, 7) is 9.90. The second kappa shape index (κ2) is 8.57. The van der Waals surface area contributed by atoms with Gasteiger partial charge in [0.1, 0.15) is 11.4 Å². The number of aromatic nitrogens is 3. The second-order valence-corrected chi connectivity index (χ2v) is 11.4. The van der Waals surface area contributed by atoms with Crippen molar-refractivity contribution >= 4 is 35.0 Å². The average molecular weight is 522 g/mol. The Bertz CT molecular complexity index is 1440. The van der Waals surface area contributed by atoms with Crippen LogP contribution in [0.5, 0.6) is 0 Å². The number of aryl methyl sites for hydroxylation is 1. The molecule has 1 N–H and O–H groups in total. The van der Waals surface area contributed by atoms with Gasteiger partial charge in [0.15, 0.2) is 11.5 Å². The summed E-state index contributed by atoms with van der Waals surface area (Å²) in [5, 5.41) is 2.81. The van der Waals surface area contributed by atoms with Crippen LogP contribution in [0.1, 0.15) is 44.9 Å². The van der Waals surface area contributed by atoms with Crippen LogP contribution in [0.25, 0.3) is 5.65 Å². The number of carbonyl (C=O) groups excluding carboxylic acids is 2. The van der Waals surface area contributed by atoms with E-state index in [1.165, 1.54) is 6.07 Å². The quantitative estimate of drug-likeness (QED) is 0.539. The number of halogens is 1. The summed E-state index contributed by atoms with van der Waals surface area (Å²) in [4.78, 5) is 40.6. The van der Waals surface area contributed by atoms with Crippen molar-refractivity contribution in [2.45, 2.75) is 58.1 Å². The molecule has 1 spiro atoms. The number of fused-ring (bicyclic) bond motifs is 2. The van der Waals surface area contributed by atoms with Gasteiger partial charge in [-0.15, -0.1) is 0 Å². The van der Waals surface area contributed by atoms with E-state index >= 15 is 0 Å². The minimum Gasteiger partial charge on any atom is -0.444 e. The maximum absolute atomic E-state index is 14.5. The molecule has 1 saturated heterocycles. The molecule has 2 fully saturated rings. The first-order valence-corrected chi connectivity index (χ1v) is 13.0. The molecule has 5 heterocycles. The standard InChI is InChI=1S/C27H32FN7O3/c1-17-14-33-15-18(13-20(28)23(33)30-17)31-24(36)34-10-6-19-21(5-9-29-22(19)34)32-11-12-35(27(16-32)7-8-27)25(37)38-26(2,3)4/h5,9,13-15H,6-8,10-12,16H2,1-4H3,(H,31,36). The predicted molar refractivity (Wildman–Crippen MR) is 141 cm³/mol. The fourth-order valence-electron chi connectivity index (χ4n) is 5.56. The third-order valence-corrected chi connectivity index (χ3v) is 7.41. The monoisotopic (exact) mass is 521 g/mol. The highest BCUT2D eigenvalue weighted by molar-refractivity contribution is 6.03. The topological polar surface area (TPSA) is 95.3 Å². The van der Waals surface area contributed by atoms with Crippen LogP contribution in [0.2, 0.25) is 0 Å². The molecule has 11 heteroatoms. The van der Waals surface area contributed by atoms with Crippen LogP contribution in [-0.4, -0.2) is 68.7 Å². The fourth-order valence-corrected chi connectivity index (χ4v) is 5.56. The lowest BCUT2D eigenvalue weighted by atomic mass is 10.1. The Labute approximate surface area is 220 Å². The molecule has 0 aromatic carbocycles. The van der Waals surface area contributed by atoms with Crippen LogP contribution >= 0.6 is 0 Å². The summed E-state index contributed by atoms with van der Waals surface area (Å²) in [6.07, 6.45) is 7.39. The van der Waals surface area contributed by atoms with Crippen molar-refractivity contribution in [1.29, 1.82) is 0 Å². The van der Waals surface area contributed by atoms with Crippen molar-refractivity contribution in [3.63, 3.8) is 0 Å². The lowest BCUT2D eigenvalue weighted by molar-refractivity contribution is 0.0106. The van der Waals surface area contributed by atoms with E-state index < -0.39 is 11.4 Å². The van der Waals surface area contributed by atoms with Crippen LogP contribution in [-0.2, 0) is 11.2 Å². The highest BCUT2D eigenvalue weighted by Gasteiger charge is 2.54. The molecule has 38 heavy (non-hydrogen) atoms. The number of hydrogen-bond donors (Lipinski definition) is 1. The third-order valence-electron chi connectivity index (χ3n) is 7.41. The molecule has 6 rings (SSSR count). The molecule has 1 saturated carbocycles. The summed E-state index contributed by atoms with van der Waals surface area (Å²) in [6, 6.07) is 2.90. The maximum Gasteiger partial charge on any atom is 0.410 e. The SMILES string of the molecule is Cc1cn2cc(NC(=O)N3CCc4c(N5CCN(C(=O)OC(C)(C)C)C6(CC6)C5)ccnc43)cc(F)c2n1. The Morgan fingerprint density at radius 2 is 1.95 bits per heavy atom. The summed E-state index contributed by atoms with van der Waals surface area (Å²) >= 11 is 0. The molecular formula is C27H32FN7O3. The van der Waals surface area contributed by atoms with Gasteiger partial charge >= 0.3 is 12.1 Å². The number of urea groups is 1. The largest absolute Gasteiger partial charge is 0.444 e. The molecule has 0 radical (unpaired) electrons. The molecular weight excluding hydrogens is 489 g/mol. The number of amides is 3. The molecule has 0 bridgehead atoms. The highest BCUT2D eigenvalue weighted by atomic mass is 19.1. The Morgan fingerprint density at radius 1 is 1.16 bits per heavy atom.